The Morgan fingerprint density at radius 1 is 1.33 bits per heavy atom. The Bertz CT molecular complexity index is 294. The van der Waals surface area contributed by atoms with Crippen LogP contribution in [0.15, 0.2) is 18.5 Å². The van der Waals surface area contributed by atoms with E-state index in [2.05, 4.69) is 37.7 Å². The molecular weight excluding hydrogens is 254 g/mol. The van der Waals surface area contributed by atoms with Crippen molar-refractivity contribution < 1.29 is 0 Å². The number of hydrogen-bond acceptors (Lipinski definition) is 3. The van der Waals surface area contributed by atoms with Gasteiger partial charge >= 0.3 is 0 Å². The zero-order valence-electron chi connectivity index (χ0n) is 8.93. The summed E-state index contributed by atoms with van der Waals surface area (Å²) in [6.45, 7) is 4.38. The van der Waals surface area contributed by atoms with Crippen LogP contribution in [0.3, 0.4) is 0 Å². The average molecular weight is 270 g/mol. The summed E-state index contributed by atoms with van der Waals surface area (Å²) >= 11 is 3.66. The topological polar surface area (TPSA) is 29.0 Å². The lowest BCUT2D eigenvalue weighted by Crippen LogP contribution is -2.36. The summed E-state index contributed by atoms with van der Waals surface area (Å²) in [4.78, 5) is 11.4. The van der Waals surface area contributed by atoms with Crippen molar-refractivity contribution in [1.29, 1.82) is 0 Å². The number of hydrogen-bond donors (Lipinski definition) is 0. The Morgan fingerprint density at radius 3 is 2.47 bits per heavy atom. The molecule has 0 spiro atoms. The van der Waals surface area contributed by atoms with E-state index in [0.29, 0.717) is 4.83 Å². The number of aromatic nitrogens is 2. The van der Waals surface area contributed by atoms with Gasteiger partial charge in [-0.3, -0.25) is 0 Å². The molecular formula is C11H16BrN3. The van der Waals surface area contributed by atoms with Crippen molar-refractivity contribution in [2.75, 3.05) is 18.0 Å². The maximum absolute atomic E-state index is 4.28. The Hall–Kier alpha value is -0.640. The van der Waals surface area contributed by atoms with Crippen LogP contribution in [0.1, 0.15) is 19.8 Å². The summed E-state index contributed by atoms with van der Waals surface area (Å²) in [5.41, 5.74) is 0. The predicted octanol–water partition coefficient (Wildman–Crippen LogP) is 2.48. The van der Waals surface area contributed by atoms with Gasteiger partial charge in [0.15, 0.2) is 0 Å². The van der Waals surface area contributed by atoms with Crippen molar-refractivity contribution in [1.82, 2.24) is 9.97 Å². The van der Waals surface area contributed by atoms with Gasteiger partial charge in [0.2, 0.25) is 5.95 Å². The third-order valence-electron chi connectivity index (χ3n) is 3.02. The lowest BCUT2D eigenvalue weighted by Gasteiger charge is -2.33. The van der Waals surface area contributed by atoms with Gasteiger partial charge in [0, 0.05) is 30.3 Å². The van der Waals surface area contributed by atoms with Crippen molar-refractivity contribution >= 4 is 21.9 Å². The van der Waals surface area contributed by atoms with E-state index in [1.807, 2.05) is 18.5 Å². The molecule has 1 aliphatic heterocycles. The maximum atomic E-state index is 4.28. The first kappa shape index (κ1) is 10.9. The molecule has 0 aliphatic carbocycles. The van der Waals surface area contributed by atoms with Gasteiger partial charge in [0.1, 0.15) is 0 Å². The van der Waals surface area contributed by atoms with E-state index in [1.54, 1.807) is 0 Å². The van der Waals surface area contributed by atoms with Crippen molar-refractivity contribution in [3.05, 3.63) is 18.5 Å². The molecule has 1 unspecified atom stereocenters. The highest BCUT2D eigenvalue weighted by molar-refractivity contribution is 9.09. The van der Waals surface area contributed by atoms with Gasteiger partial charge in [-0.2, -0.15) is 0 Å². The van der Waals surface area contributed by atoms with Crippen LogP contribution in [-0.2, 0) is 0 Å². The third-order valence-corrected chi connectivity index (χ3v) is 3.77. The molecule has 1 aromatic rings. The second-order valence-electron chi connectivity index (χ2n) is 4.05. The van der Waals surface area contributed by atoms with Crippen LogP contribution in [0.5, 0.6) is 0 Å². The molecule has 1 aliphatic rings. The normalized spacial score (nSPS) is 20.3. The van der Waals surface area contributed by atoms with Gasteiger partial charge in [0.05, 0.1) is 0 Å². The summed E-state index contributed by atoms with van der Waals surface area (Å²) < 4.78 is 0. The van der Waals surface area contributed by atoms with Gasteiger partial charge in [-0.1, -0.05) is 22.9 Å². The second-order valence-corrected chi connectivity index (χ2v) is 5.50. The zero-order chi connectivity index (χ0) is 10.7. The van der Waals surface area contributed by atoms with Crippen molar-refractivity contribution in [3.8, 4) is 0 Å². The lowest BCUT2D eigenvalue weighted by molar-refractivity contribution is 0.404. The fourth-order valence-corrected chi connectivity index (χ4v) is 2.54. The Morgan fingerprint density at radius 2 is 1.93 bits per heavy atom. The van der Waals surface area contributed by atoms with Gasteiger partial charge < -0.3 is 4.90 Å². The van der Waals surface area contributed by atoms with Gasteiger partial charge in [-0.05, 0) is 24.8 Å². The van der Waals surface area contributed by atoms with Crippen molar-refractivity contribution in [2.24, 2.45) is 5.92 Å². The Kier molecular flexibility index (Phi) is 3.57. The lowest BCUT2D eigenvalue weighted by atomic mass is 9.94. The van der Waals surface area contributed by atoms with E-state index in [4.69, 9.17) is 0 Å². The minimum atomic E-state index is 0.622. The van der Waals surface area contributed by atoms with E-state index in [1.165, 1.54) is 12.8 Å². The highest BCUT2D eigenvalue weighted by Crippen LogP contribution is 2.26. The van der Waals surface area contributed by atoms with E-state index in [0.717, 1.165) is 25.0 Å². The molecule has 1 fully saturated rings. The predicted molar refractivity (Wildman–Crippen MR) is 65.4 cm³/mol. The fourth-order valence-electron chi connectivity index (χ4n) is 2.01. The van der Waals surface area contributed by atoms with Crippen LogP contribution in [0.25, 0.3) is 0 Å². The quantitative estimate of drug-likeness (QED) is 0.773. The average Bonchev–Trinajstić information content (AvgIpc) is 2.30. The molecule has 0 bridgehead atoms. The molecule has 15 heavy (non-hydrogen) atoms. The largest absolute Gasteiger partial charge is 0.341 e. The van der Waals surface area contributed by atoms with Gasteiger partial charge in [-0.15, -0.1) is 0 Å². The number of anilines is 1. The molecule has 1 atom stereocenters. The van der Waals surface area contributed by atoms with Crippen LogP contribution in [0, 0.1) is 5.92 Å². The monoisotopic (exact) mass is 269 g/mol. The first-order valence-corrected chi connectivity index (χ1v) is 6.35. The maximum Gasteiger partial charge on any atom is 0.225 e. The molecule has 0 aromatic carbocycles. The highest BCUT2D eigenvalue weighted by atomic mass is 79.9. The minimum absolute atomic E-state index is 0.622. The van der Waals surface area contributed by atoms with Crippen LogP contribution < -0.4 is 4.90 Å². The highest BCUT2D eigenvalue weighted by Gasteiger charge is 2.23. The molecule has 82 valence electrons. The molecule has 0 saturated carbocycles. The molecule has 1 aromatic heterocycles. The SMILES string of the molecule is CC(Br)C1CCN(c2ncccn2)CC1. The molecule has 3 nitrogen and oxygen atoms in total. The summed E-state index contributed by atoms with van der Waals surface area (Å²) in [6, 6.07) is 1.86. The molecule has 4 heteroatoms. The first-order chi connectivity index (χ1) is 7.27. The number of rotatable bonds is 2. The van der Waals surface area contributed by atoms with Crippen LogP contribution in [0.4, 0.5) is 5.95 Å². The summed E-state index contributed by atoms with van der Waals surface area (Å²) in [7, 11) is 0. The second kappa shape index (κ2) is 4.92. The molecule has 0 amide bonds. The number of piperidine rings is 1. The van der Waals surface area contributed by atoms with Crippen LogP contribution in [-0.4, -0.2) is 27.9 Å². The number of alkyl halides is 1. The Balaban J connectivity index is 1.94. The van der Waals surface area contributed by atoms with Gasteiger partial charge in [-0.25, -0.2) is 9.97 Å². The van der Waals surface area contributed by atoms with E-state index >= 15 is 0 Å². The summed E-state index contributed by atoms with van der Waals surface area (Å²) in [5, 5.41) is 0. The Labute approximate surface area is 99.0 Å². The van der Waals surface area contributed by atoms with E-state index in [-0.39, 0.29) is 0 Å². The molecule has 2 heterocycles. The molecule has 1 saturated heterocycles. The minimum Gasteiger partial charge on any atom is -0.341 e. The molecule has 0 radical (unpaired) electrons. The standard InChI is InChI=1S/C11H16BrN3/c1-9(12)10-3-7-15(8-4-10)11-13-5-2-6-14-11/h2,5-6,9-10H,3-4,7-8H2,1H3. The van der Waals surface area contributed by atoms with Crippen LogP contribution >= 0.6 is 15.9 Å². The molecule has 0 N–H and O–H groups in total. The number of nitrogens with zero attached hydrogens (tertiary/aromatic N) is 3. The zero-order valence-corrected chi connectivity index (χ0v) is 10.5. The van der Waals surface area contributed by atoms with Crippen molar-refractivity contribution in [2.45, 2.75) is 24.6 Å². The third kappa shape index (κ3) is 2.68. The smallest absolute Gasteiger partial charge is 0.225 e. The summed E-state index contributed by atoms with van der Waals surface area (Å²) in [5.74, 6) is 1.67. The van der Waals surface area contributed by atoms with E-state index in [9.17, 15) is 0 Å². The van der Waals surface area contributed by atoms with E-state index < -0.39 is 0 Å². The first-order valence-electron chi connectivity index (χ1n) is 5.43. The van der Waals surface area contributed by atoms with Crippen molar-refractivity contribution in [3.63, 3.8) is 0 Å². The molecule has 2 rings (SSSR count). The van der Waals surface area contributed by atoms with Crippen LogP contribution in [0.2, 0.25) is 0 Å². The number of halogens is 1. The fraction of sp³-hybridized carbons (Fsp3) is 0.636. The van der Waals surface area contributed by atoms with Gasteiger partial charge in [0.25, 0.3) is 0 Å². The summed E-state index contributed by atoms with van der Waals surface area (Å²) in [6.07, 6.45) is 6.07.